The fraction of sp³-hybridized carbons (Fsp3) is 0.455. The molecule has 6 N–H and O–H groups in total. The summed E-state index contributed by atoms with van der Waals surface area (Å²) in [5.41, 5.74) is 10.7. The van der Waals surface area contributed by atoms with Crippen molar-refractivity contribution in [3.63, 3.8) is 0 Å². The summed E-state index contributed by atoms with van der Waals surface area (Å²) in [5, 5.41) is 11.1. The minimum atomic E-state index is -3.84. The minimum absolute atomic E-state index is 0.101. The van der Waals surface area contributed by atoms with E-state index >= 15 is 0 Å². The number of likely N-dealkylation sites (tertiary alicyclic amines) is 1. The van der Waals surface area contributed by atoms with E-state index in [2.05, 4.69) is 37.9 Å². The van der Waals surface area contributed by atoms with Crippen LogP contribution in [0.1, 0.15) is 73.1 Å². The molecular formula is C44H57N9O8S2. The first kappa shape index (κ1) is 46.6. The number of nitrogens with one attached hydrogen (secondary N) is 4. The number of rotatable bonds is 8. The van der Waals surface area contributed by atoms with Crippen LogP contribution >= 0.6 is 11.3 Å². The number of ether oxygens (including phenoxy) is 2. The number of amides is 5. The molecule has 4 aromatic rings. The quantitative estimate of drug-likeness (QED) is 0.101. The number of pyridine rings is 1. The van der Waals surface area contributed by atoms with E-state index < -0.39 is 45.9 Å². The third-order valence-corrected chi connectivity index (χ3v) is 12.8. The second-order valence-electron chi connectivity index (χ2n) is 16.4. The van der Waals surface area contributed by atoms with Gasteiger partial charge in [0.2, 0.25) is 17.7 Å². The number of hydrogen-bond acceptors (Lipinski definition) is 13. The SMILES string of the molecule is COc1ccc2c(O[C@@H]3C[C@@H](C(N)=O)N(C(=O)N(NC(C)=O)C(C)C)C3)cc(-c3csc(NC(C)C)n3)nc2c1.O=C1NS(=O)(=O)c2ccccc2NCCCCC/C=C\[C@@H]2C[C@H]12. The Morgan fingerprint density at radius 2 is 1.79 bits per heavy atom. The highest BCUT2D eigenvalue weighted by Gasteiger charge is 2.43. The van der Waals surface area contributed by atoms with Crippen molar-refractivity contribution >= 4 is 66.8 Å². The van der Waals surface area contributed by atoms with Gasteiger partial charge in [-0.3, -0.25) is 19.8 Å². The second-order valence-corrected chi connectivity index (χ2v) is 18.9. The highest BCUT2D eigenvalue weighted by atomic mass is 32.2. The monoisotopic (exact) mass is 903 g/mol. The number of sulfonamides is 1. The molecule has 19 heteroatoms. The molecule has 2 aliphatic heterocycles. The lowest BCUT2D eigenvalue weighted by molar-refractivity contribution is -0.124. The first-order valence-corrected chi connectivity index (χ1v) is 23.5. The second kappa shape index (κ2) is 20.5. The molecule has 0 spiro atoms. The summed E-state index contributed by atoms with van der Waals surface area (Å²) >= 11 is 1.48. The lowest BCUT2D eigenvalue weighted by atomic mass is 10.1. The van der Waals surface area contributed by atoms with Crippen molar-refractivity contribution in [1.82, 2.24) is 30.0 Å². The van der Waals surface area contributed by atoms with E-state index in [1.165, 1.54) is 34.2 Å². The van der Waals surface area contributed by atoms with Gasteiger partial charge in [-0.05, 0) is 83.6 Å². The molecule has 0 unspecified atom stereocenters. The van der Waals surface area contributed by atoms with E-state index in [0.717, 1.165) is 49.2 Å². The first-order chi connectivity index (χ1) is 30.0. The van der Waals surface area contributed by atoms with Crippen LogP contribution in [0.2, 0.25) is 0 Å². The van der Waals surface area contributed by atoms with E-state index in [1.807, 2.05) is 43.5 Å². The molecule has 1 saturated heterocycles. The Kier molecular flexibility index (Phi) is 15.1. The number of methoxy groups -OCH3 is 1. The van der Waals surface area contributed by atoms with E-state index in [4.69, 9.17) is 20.2 Å². The number of anilines is 2. The third kappa shape index (κ3) is 12.0. The van der Waals surface area contributed by atoms with Gasteiger partial charge in [0.1, 0.15) is 34.2 Å². The molecule has 3 aliphatic rings. The largest absolute Gasteiger partial charge is 0.497 e. The molecule has 63 heavy (non-hydrogen) atoms. The number of fused-ring (bicyclic) bond motifs is 3. The lowest BCUT2D eigenvalue weighted by Crippen LogP contribution is -2.57. The van der Waals surface area contributed by atoms with Crippen LogP contribution in [0.4, 0.5) is 15.6 Å². The molecule has 2 fully saturated rings. The van der Waals surface area contributed by atoms with E-state index in [9.17, 15) is 27.6 Å². The van der Waals surface area contributed by atoms with Crippen LogP contribution in [0.3, 0.4) is 0 Å². The standard InChI is InChI=1S/C27H35N7O5S.C17H22N2O3S/c1-14(2)29-26-31-22(13-40-26)21-11-24(19-8-7-17(38-6)9-20(19)30-21)39-18-10-23(25(28)36)33(12-18)27(37)34(15(3)4)32-16(5)35;20-17-14-12-13(14)8-4-2-1-3-7-11-18-15-9-5-6-10-16(15)23(21,22)19-17/h7-9,11,13-15,18,23H,10,12H2,1-6H3,(H2,28,36)(H,29,31)(H,32,35);4-6,8-10,13-14,18H,1-3,7,11-12H2,(H,19,20)/b;8-4-/t18-,23+;13-,14+/m11/s1. The molecule has 2 aromatic heterocycles. The molecule has 338 valence electrons. The van der Waals surface area contributed by atoms with Gasteiger partial charge in [0.25, 0.3) is 10.0 Å². The van der Waals surface area contributed by atoms with Crippen LogP contribution < -0.4 is 36.0 Å². The number of aromatic nitrogens is 2. The van der Waals surface area contributed by atoms with Crippen LogP contribution in [-0.2, 0) is 24.4 Å². The maximum Gasteiger partial charge on any atom is 0.339 e. The number of carbonyl (C=O) groups is 4. The summed E-state index contributed by atoms with van der Waals surface area (Å²) in [6, 6.07) is 12.5. The van der Waals surface area contributed by atoms with Crippen molar-refractivity contribution in [2.45, 2.75) is 102 Å². The molecule has 4 atom stereocenters. The van der Waals surface area contributed by atoms with Gasteiger partial charge in [-0.25, -0.2) is 32.9 Å². The van der Waals surface area contributed by atoms with Gasteiger partial charge in [-0.15, -0.1) is 11.3 Å². The highest BCUT2D eigenvalue weighted by Crippen LogP contribution is 2.40. The molecule has 7 rings (SSSR count). The summed E-state index contributed by atoms with van der Waals surface area (Å²) in [4.78, 5) is 60.6. The molecular weight excluding hydrogens is 847 g/mol. The number of hydrogen-bond donors (Lipinski definition) is 5. The Labute approximate surface area is 372 Å². The third-order valence-electron chi connectivity index (χ3n) is 10.6. The topological polar surface area (TPSA) is 227 Å². The predicted molar refractivity (Wildman–Crippen MR) is 243 cm³/mol. The molecule has 0 radical (unpaired) electrons. The van der Waals surface area contributed by atoms with Crippen LogP contribution in [0.15, 0.2) is 71.0 Å². The maximum atomic E-state index is 13.4. The van der Waals surface area contributed by atoms with Crippen molar-refractivity contribution in [1.29, 1.82) is 0 Å². The molecule has 17 nitrogen and oxygen atoms in total. The van der Waals surface area contributed by atoms with Gasteiger partial charge < -0.3 is 30.7 Å². The number of para-hydroxylation sites is 1. The maximum absolute atomic E-state index is 13.4. The zero-order chi connectivity index (χ0) is 45.4. The van der Waals surface area contributed by atoms with Gasteiger partial charge in [-0.2, -0.15) is 0 Å². The predicted octanol–water partition coefficient (Wildman–Crippen LogP) is 6.05. The fourth-order valence-corrected chi connectivity index (χ4v) is 9.45. The first-order valence-electron chi connectivity index (χ1n) is 21.1. The van der Waals surface area contributed by atoms with Gasteiger partial charge in [0.15, 0.2) is 5.13 Å². The Hall–Kier alpha value is -5.95. The zero-order valence-corrected chi connectivity index (χ0v) is 38.1. The van der Waals surface area contributed by atoms with Gasteiger partial charge in [-0.1, -0.05) is 30.7 Å². The summed E-state index contributed by atoms with van der Waals surface area (Å²) in [5.74, 6) is -0.312. The Morgan fingerprint density at radius 1 is 1.02 bits per heavy atom. The van der Waals surface area contributed by atoms with Crippen molar-refractivity contribution in [3.8, 4) is 22.9 Å². The Morgan fingerprint density at radius 3 is 2.51 bits per heavy atom. The van der Waals surface area contributed by atoms with Gasteiger partial charge in [0.05, 0.1) is 30.6 Å². The van der Waals surface area contributed by atoms with Crippen molar-refractivity contribution in [3.05, 3.63) is 66.1 Å². The van der Waals surface area contributed by atoms with Crippen molar-refractivity contribution in [2.75, 3.05) is 30.8 Å². The summed E-state index contributed by atoms with van der Waals surface area (Å²) < 4.78 is 39.1. The Bertz CT molecular complexity index is 2440. The summed E-state index contributed by atoms with van der Waals surface area (Å²) in [6.45, 7) is 9.74. The smallest absolute Gasteiger partial charge is 0.339 e. The lowest BCUT2D eigenvalue weighted by Gasteiger charge is -2.32. The van der Waals surface area contributed by atoms with Gasteiger partial charge in [0, 0.05) is 60.8 Å². The number of carbonyl (C=O) groups excluding carboxylic acids is 4. The molecule has 5 amide bonds. The van der Waals surface area contributed by atoms with Crippen molar-refractivity contribution < 1.29 is 37.1 Å². The molecule has 0 bridgehead atoms. The number of nitrogens with two attached hydrogens (primary N) is 1. The highest BCUT2D eigenvalue weighted by molar-refractivity contribution is 7.90. The van der Waals surface area contributed by atoms with Crippen LogP contribution in [0.25, 0.3) is 22.3 Å². The number of benzene rings is 2. The number of urea groups is 1. The fourth-order valence-electron chi connectivity index (χ4n) is 7.38. The van der Waals surface area contributed by atoms with E-state index in [1.54, 1.807) is 39.2 Å². The number of nitrogens with zero attached hydrogens (tertiary/aromatic N) is 4. The van der Waals surface area contributed by atoms with Crippen LogP contribution in [0, 0.1) is 11.8 Å². The number of hydrazine groups is 1. The van der Waals surface area contributed by atoms with E-state index in [0.29, 0.717) is 34.1 Å². The number of allylic oxidation sites excluding steroid dienone is 2. The number of primary amides is 1. The summed E-state index contributed by atoms with van der Waals surface area (Å²) in [7, 11) is -2.26. The average molecular weight is 904 g/mol. The minimum Gasteiger partial charge on any atom is -0.497 e. The number of thiazole rings is 1. The van der Waals surface area contributed by atoms with Crippen LogP contribution in [-0.4, -0.2) is 96.5 Å². The van der Waals surface area contributed by atoms with Crippen LogP contribution in [0.5, 0.6) is 11.5 Å². The molecule has 1 saturated carbocycles. The molecule has 2 aromatic carbocycles. The zero-order valence-electron chi connectivity index (χ0n) is 36.4. The van der Waals surface area contributed by atoms with Crippen molar-refractivity contribution in [2.24, 2.45) is 17.6 Å². The van der Waals surface area contributed by atoms with E-state index in [-0.39, 0.29) is 41.8 Å². The Balaban J connectivity index is 0.000000242. The van der Waals surface area contributed by atoms with Gasteiger partial charge >= 0.3 is 6.03 Å². The average Bonchev–Trinajstić information content (AvgIpc) is 3.65. The molecule has 4 heterocycles. The molecule has 1 aliphatic carbocycles. The normalized spacial score (nSPS) is 21.2. The summed E-state index contributed by atoms with van der Waals surface area (Å²) in [6.07, 6.45) is 8.78.